The third kappa shape index (κ3) is 3.36. The molecule has 0 bridgehead atoms. The van der Waals surface area contributed by atoms with E-state index in [2.05, 4.69) is 46.8 Å². The van der Waals surface area contributed by atoms with Gasteiger partial charge in [0.15, 0.2) is 5.78 Å². The molecule has 9 atom stereocenters. The Morgan fingerprint density at radius 2 is 1.76 bits per heavy atom. The topological polar surface area (TPSA) is 37.3 Å². The Labute approximate surface area is 178 Å². The minimum absolute atomic E-state index is 0.0419. The molecule has 4 aliphatic carbocycles. The van der Waals surface area contributed by atoms with Crippen LogP contribution < -0.4 is 0 Å². The lowest BCUT2D eigenvalue weighted by atomic mass is 9.44. The van der Waals surface area contributed by atoms with Crippen molar-refractivity contribution in [2.45, 2.75) is 98.5 Å². The second kappa shape index (κ2) is 7.81. The van der Waals surface area contributed by atoms with E-state index in [0.717, 1.165) is 30.6 Å². The first kappa shape index (κ1) is 21.6. The molecule has 0 aromatic carbocycles. The molecule has 0 amide bonds. The van der Waals surface area contributed by atoms with Gasteiger partial charge in [-0.25, -0.2) is 0 Å². The van der Waals surface area contributed by atoms with E-state index in [1.165, 1.54) is 44.9 Å². The number of aliphatic hydroxyl groups excluding tert-OH is 1. The smallest absolute Gasteiger partial charge is 0.165 e. The summed E-state index contributed by atoms with van der Waals surface area (Å²) in [6.07, 6.45) is 14.7. The monoisotopic (exact) mass is 400 g/mol. The van der Waals surface area contributed by atoms with Gasteiger partial charge >= 0.3 is 0 Å². The number of Topliss-reactive ketones (excluding diaryl/α,β-unsaturated/α-hetero) is 1. The minimum Gasteiger partial charge on any atom is -0.385 e. The average molecular weight is 401 g/mol. The summed E-state index contributed by atoms with van der Waals surface area (Å²) in [6.45, 7) is 12.0. The molecule has 0 radical (unpaired) electrons. The molecule has 0 aliphatic heterocycles. The molecule has 164 valence electrons. The van der Waals surface area contributed by atoms with Gasteiger partial charge < -0.3 is 5.11 Å². The van der Waals surface area contributed by atoms with Crippen molar-refractivity contribution in [3.63, 3.8) is 0 Å². The molecule has 29 heavy (non-hydrogen) atoms. The van der Waals surface area contributed by atoms with Crippen molar-refractivity contribution in [3.8, 4) is 0 Å². The zero-order chi connectivity index (χ0) is 21.0. The van der Waals surface area contributed by atoms with Gasteiger partial charge in [0.25, 0.3) is 0 Å². The van der Waals surface area contributed by atoms with Gasteiger partial charge in [-0.15, -0.1) is 0 Å². The van der Waals surface area contributed by atoms with Crippen molar-refractivity contribution >= 4 is 5.78 Å². The number of carbonyl (C=O) groups is 1. The number of aliphatic hydroxyl groups is 1. The number of carbonyl (C=O) groups excluding carboxylic acids is 1. The Morgan fingerprint density at radius 1 is 1.03 bits per heavy atom. The molecule has 0 spiro atoms. The maximum absolute atomic E-state index is 13.2. The highest BCUT2D eigenvalue weighted by Gasteiger charge is 2.64. The van der Waals surface area contributed by atoms with Crippen LogP contribution in [0, 0.1) is 52.3 Å². The van der Waals surface area contributed by atoms with E-state index < -0.39 is 6.10 Å². The molecule has 0 aromatic heterocycles. The van der Waals surface area contributed by atoms with E-state index in [0.29, 0.717) is 17.3 Å². The summed E-state index contributed by atoms with van der Waals surface area (Å²) in [7, 11) is 0. The number of hydrogen-bond acceptors (Lipinski definition) is 2. The first-order chi connectivity index (χ1) is 13.7. The number of ketones is 1. The number of allylic oxidation sites excluding steroid dienone is 2. The molecule has 0 aromatic rings. The van der Waals surface area contributed by atoms with Gasteiger partial charge in [0.2, 0.25) is 0 Å². The van der Waals surface area contributed by atoms with Crippen LogP contribution in [-0.4, -0.2) is 17.0 Å². The highest BCUT2D eigenvalue weighted by Crippen LogP contribution is 2.67. The van der Waals surface area contributed by atoms with E-state index >= 15 is 0 Å². The second-order valence-corrected chi connectivity index (χ2v) is 12.1. The van der Waals surface area contributed by atoms with E-state index in [-0.39, 0.29) is 23.0 Å². The Kier molecular flexibility index (Phi) is 5.82. The van der Waals surface area contributed by atoms with Gasteiger partial charge in [-0.1, -0.05) is 66.0 Å². The summed E-state index contributed by atoms with van der Waals surface area (Å²) in [5.74, 6) is 3.76. The Hall–Kier alpha value is -0.630. The van der Waals surface area contributed by atoms with E-state index in [1.807, 2.05) is 0 Å². The maximum Gasteiger partial charge on any atom is 0.165 e. The minimum atomic E-state index is -0.718. The molecule has 0 saturated heterocycles. The lowest BCUT2D eigenvalue weighted by Crippen LogP contribution is -2.61. The summed E-state index contributed by atoms with van der Waals surface area (Å²) in [4.78, 5) is 13.2. The molecule has 0 heterocycles. The zero-order valence-corrected chi connectivity index (χ0v) is 19.5. The van der Waals surface area contributed by atoms with Crippen LogP contribution in [0.5, 0.6) is 0 Å². The fourth-order valence-electron chi connectivity index (χ4n) is 8.66. The predicted molar refractivity (Wildman–Crippen MR) is 119 cm³/mol. The molecule has 3 saturated carbocycles. The first-order valence-corrected chi connectivity index (χ1v) is 12.6. The van der Waals surface area contributed by atoms with Crippen molar-refractivity contribution in [3.05, 3.63) is 12.2 Å². The average Bonchev–Trinajstić information content (AvgIpc) is 3.02. The van der Waals surface area contributed by atoms with Gasteiger partial charge in [-0.2, -0.15) is 0 Å². The molecule has 3 fully saturated rings. The van der Waals surface area contributed by atoms with Crippen LogP contribution in [0.2, 0.25) is 0 Å². The van der Waals surface area contributed by atoms with Crippen LogP contribution in [0.3, 0.4) is 0 Å². The Balaban J connectivity index is 1.56. The summed E-state index contributed by atoms with van der Waals surface area (Å²) in [5.41, 5.74) is 0.380. The fourth-order valence-corrected chi connectivity index (χ4v) is 8.66. The molecule has 4 rings (SSSR count). The SMILES string of the molecule is CC(C)CCC[C@@H](C)[C@H]1CC[C@H]2[C@@H]3C(O)C(=O)[C@H]4CC=CC[C@]4(C)[C@H]3CC[C@]12C. The number of fused-ring (bicyclic) bond motifs is 5. The largest absolute Gasteiger partial charge is 0.385 e. The standard InChI is InChI=1S/C27H44O2/c1-17(2)9-8-10-18(3)19-12-13-20-23-21(14-16-27(19,20)5)26(4)15-7-6-11-22(26)24(28)25(23)29/h6-7,17-23,25,29H,8-16H2,1-5H3/t18-,19-,20+,21+,22-,23+,25?,26-,27-/m1/s1. The third-order valence-electron chi connectivity index (χ3n) is 10.3. The van der Waals surface area contributed by atoms with E-state index in [9.17, 15) is 9.90 Å². The molecule has 1 N–H and O–H groups in total. The number of hydrogen-bond donors (Lipinski definition) is 1. The Bertz CT molecular complexity index is 651. The van der Waals surface area contributed by atoms with E-state index in [1.54, 1.807) is 0 Å². The zero-order valence-electron chi connectivity index (χ0n) is 19.5. The van der Waals surface area contributed by atoms with Gasteiger partial charge in [0, 0.05) is 5.92 Å². The van der Waals surface area contributed by atoms with Crippen molar-refractivity contribution < 1.29 is 9.90 Å². The molecular weight excluding hydrogens is 356 g/mol. The van der Waals surface area contributed by atoms with Crippen LogP contribution in [0.15, 0.2) is 12.2 Å². The summed E-state index contributed by atoms with van der Waals surface area (Å²) < 4.78 is 0. The third-order valence-corrected chi connectivity index (χ3v) is 10.3. The molecule has 1 unspecified atom stereocenters. The Morgan fingerprint density at radius 3 is 2.48 bits per heavy atom. The summed E-state index contributed by atoms with van der Waals surface area (Å²) in [6, 6.07) is 0. The quantitative estimate of drug-likeness (QED) is 0.540. The van der Waals surface area contributed by atoms with E-state index in [4.69, 9.17) is 0 Å². The summed E-state index contributed by atoms with van der Waals surface area (Å²) in [5, 5.41) is 11.2. The normalized spacial score (nSPS) is 47.6. The van der Waals surface area contributed by atoms with Gasteiger partial charge in [0.1, 0.15) is 6.10 Å². The first-order valence-electron chi connectivity index (χ1n) is 12.6. The lowest BCUT2D eigenvalue weighted by molar-refractivity contribution is -0.174. The maximum atomic E-state index is 13.2. The fraction of sp³-hybridized carbons (Fsp3) is 0.889. The van der Waals surface area contributed by atoms with Gasteiger partial charge in [-0.3, -0.25) is 4.79 Å². The van der Waals surface area contributed by atoms with Crippen LogP contribution in [0.4, 0.5) is 0 Å². The second-order valence-electron chi connectivity index (χ2n) is 12.1. The molecule has 4 aliphatic rings. The van der Waals surface area contributed by atoms with Crippen molar-refractivity contribution in [2.75, 3.05) is 0 Å². The van der Waals surface area contributed by atoms with Crippen molar-refractivity contribution in [2.24, 2.45) is 52.3 Å². The van der Waals surface area contributed by atoms with Crippen LogP contribution in [0.25, 0.3) is 0 Å². The number of rotatable bonds is 5. The van der Waals surface area contributed by atoms with Crippen molar-refractivity contribution in [1.82, 2.24) is 0 Å². The van der Waals surface area contributed by atoms with Crippen LogP contribution in [-0.2, 0) is 4.79 Å². The van der Waals surface area contributed by atoms with Crippen molar-refractivity contribution in [1.29, 1.82) is 0 Å². The molecule has 2 nitrogen and oxygen atoms in total. The molecular formula is C27H44O2. The predicted octanol–water partition coefficient (Wildman–Crippen LogP) is 6.42. The highest BCUT2D eigenvalue weighted by molar-refractivity contribution is 5.87. The van der Waals surface area contributed by atoms with Crippen LogP contribution >= 0.6 is 0 Å². The van der Waals surface area contributed by atoms with Gasteiger partial charge in [0.05, 0.1) is 0 Å². The van der Waals surface area contributed by atoms with Crippen LogP contribution in [0.1, 0.15) is 92.4 Å². The molecule has 2 heteroatoms. The highest BCUT2D eigenvalue weighted by atomic mass is 16.3. The lowest BCUT2D eigenvalue weighted by Gasteiger charge is -2.60. The van der Waals surface area contributed by atoms with Gasteiger partial charge in [-0.05, 0) is 84.9 Å². The summed E-state index contributed by atoms with van der Waals surface area (Å²) >= 11 is 0.